The van der Waals surface area contributed by atoms with Gasteiger partial charge in [0.15, 0.2) is 5.96 Å². The summed E-state index contributed by atoms with van der Waals surface area (Å²) in [7, 11) is 6.07. The van der Waals surface area contributed by atoms with Crippen LogP contribution in [0.15, 0.2) is 29.3 Å². The summed E-state index contributed by atoms with van der Waals surface area (Å²) in [6.45, 7) is 7.95. The first-order valence-corrected chi connectivity index (χ1v) is 10.2. The molecule has 1 saturated heterocycles. The Kier molecular flexibility index (Phi) is 9.14. The van der Waals surface area contributed by atoms with Crippen molar-refractivity contribution in [2.24, 2.45) is 10.9 Å². The zero-order chi connectivity index (χ0) is 19.2. The minimum atomic E-state index is 0. The summed E-state index contributed by atoms with van der Waals surface area (Å²) < 4.78 is 5.26. The van der Waals surface area contributed by atoms with Gasteiger partial charge in [-0.3, -0.25) is 4.99 Å². The molecule has 28 heavy (non-hydrogen) atoms. The maximum Gasteiger partial charge on any atom is 0.194 e. The second kappa shape index (κ2) is 11.1. The highest BCUT2D eigenvalue weighted by molar-refractivity contribution is 14.0. The lowest BCUT2D eigenvalue weighted by Crippen LogP contribution is -2.53. The highest BCUT2D eigenvalue weighted by atomic mass is 127. The van der Waals surface area contributed by atoms with Gasteiger partial charge in [0.1, 0.15) is 5.75 Å². The molecule has 6 nitrogen and oxygen atoms in total. The van der Waals surface area contributed by atoms with Crippen molar-refractivity contribution < 1.29 is 4.74 Å². The predicted molar refractivity (Wildman–Crippen MR) is 128 cm³/mol. The quantitative estimate of drug-likeness (QED) is 0.354. The number of aliphatic imine (C=N–C) groups is 1. The van der Waals surface area contributed by atoms with Crippen LogP contribution >= 0.6 is 24.0 Å². The van der Waals surface area contributed by atoms with Gasteiger partial charge >= 0.3 is 0 Å². The van der Waals surface area contributed by atoms with Crippen LogP contribution < -0.4 is 15.0 Å². The van der Waals surface area contributed by atoms with Crippen LogP contribution in [0.5, 0.6) is 5.75 Å². The highest BCUT2D eigenvalue weighted by Gasteiger charge is 2.32. The van der Waals surface area contributed by atoms with Crippen LogP contribution in [0.2, 0.25) is 0 Å². The Morgan fingerprint density at radius 2 is 1.82 bits per heavy atom. The minimum absolute atomic E-state index is 0. The summed E-state index contributed by atoms with van der Waals surface area (Å²) in [5, 5.41) is 3.50. The third-order valence-corrected chi connectivity index (χ3v) is 5.61. The number of hydrogen-bond donors (Lipinski definition) is 1. The van der Waals surface area contributed by atoms with E-state index in [1.165, 1.54) is 18.5 Å². The summed E-state index contributed by atoms with van der Waals surface area (Å²) in [4.78, 5) is 12.2. The molecule has 0 bridgehead atoms. The van der Waals surface area contributed by atoms with E-state index in [-0.39, 0.29) is 24.0 Å². The zero-order valence-electron chi connectivity index (χ0n) is 17.7. The summed E-state index contributed by atoms with van der Waals surface area (Å²) in [6.07, 6.45) is 2.71. The first-order chi connectivity index (χ1) is 13.1. The van der Waals surface area contributed by atoms with Gasteiger partial charge in [-0.05, 0) is 64.0 Å². The summed E-state index contributed by atoms with van der Waals surface area (Å²) in [5.74, 6) is 2.81. The molecule has 3 rings (SSSR count). The van der Waals surface area contributed by atoms with Gasteiger partial charge in [-0.1, -0.05) is 0 Å². The monoisotopic (exact) mass is 501 g/mol. The molecule has 1 aliphatic heterocycles. The molecule has 1 N–H and O–H groups in total. The number of nitrogens with zero attached hydrogens (tertiary/aromatic N) is 4. The number of halogens is 1. The Morgan fingerprint density at radius 3 is 2.32 bits per heavy atom. The summed E-state index contributed by atoms with van der Waals surface area (Å²) >= 11 is 0. The normalized spacial score (nSPS) is 18.7. The standard InChI is InChI=1S/C21H35N5O.HI/c1-5-22-21(23-16-20(24(2)3)17-6-7-17)26-14-12-25(13-15-26)18-8-10-19(27-4)11-9-18;/h8-11,17,20H,5-7,12-16H2,1-4H3,(H,22,23);1H. The van der Waals surface area contributed by atoms with Gasteiger partial charge in [0, 0.05) is 44.5 Å². The fourth-order valence-corrected chi connectivity index (χ4v) is 3.79. The molecule has 2 aliphatic rings. The number of hydrogen-bond acceptors (Lipinski definition) is 4. The molecule has 1 aromatic rings. The number of likely N-dealkylation sites (N-methyl/N-ethyl adjacent to an activating group) is 1. The molecular weight excluding hydrogens is 465 g/mol. The number of anilines is 1. The zero-order valence-corrected chi connectivity index (χ0v) is 20.1. The molecular formula is C21H36IN5O. The van der Waals surface area contributed by atoms with Crippen molar-refractivity contribution in [1.29, 1.82) is 0 Å². The van der Waals surface area contributed by atoms with Crippen molar-refractivity contribution >= 4 is 35.6 Å². The average molecular weight is 501 g/mol. The first-order valence-electron chi connectivity index (χ1n) is 10.2. The number of ether oxygens (including phenoxy) is 1. The Labute approximate surface area is 187 Å². The van der Waals surface area contributed by atoms with Gasteiger partial charge in [0.25, 0.3) is 0 Å². The van der Waals surface area contributed by atoms with Crippen LogP contribution in [0.3, 0.4) is 0 Å². The van der Waals surface area contributed by atoms with Gasteiger partial charge in [-0.2, -0.15) is 0 Å². The predicted octanol–water partition coefficient (Wildman–Crippen LogP) is 2.74. The number of piperazine rings is 1. The van der Waals surface area contributed by atoms with E-state index in [9.17, 15) is 0 Å². The van der Waals surface area contributed by atoms with Crippen LogP contribution in [0.4, 0.5) is 5.69 Å². The Hall–Kier alpha value is -1.22. The lowest BCUT2D eigenvalue weighted by molar-refractivity contribution is 0.269. The maximum atomic E-state index is 5.26. The fraction of sp³-hybridized carbons (Fsp3) is 0.667. The second-order valence-corrected chi connectivity index (χ2v) is 7.74. The first kappa shape index (κ1) is 23.1. The third kappa shape index (κ3) is 6.14. The van der Waals surface area contributed by atoms with Crippen molar-refractivity contribution in [3.8, 4) is 5.75 Å². The van der Waals surface area contributed by atoms with Gasteiger partial charge in [0.2, 0.25) is 0 Å². The minimum Gasteiger partial charge on any atom is -0.497 e. The van der Waals surface area contributed by atoms with E-state index in [0.717, 1.165) is 56.9 Å². The largest absolute Gasteiger partial charge is 0.497 e. The molecule has 1 aliphatic carbocycles. The molecule has 0 amide bonds. The molecule has 158 valence electrons. The van der Waals surface area contributed by atoms with E-state index in [1.54, 1.807) is 7.11 Å². The van der Waals surface area contributed by atoms with Crippen molar-refractivity contribution in [2.75, 3.05) is 65.4 Å². The number of methoxy groups -OCH3 is 1. The van der Waals surface area contributed by atoms with Gasteiger partial charge in [-0.25, -0.2) is 0 Å². The lowest BCUT2D eigenvalue weighted by Gasteiger charge is -2.38. The molecule has 7 heteroatoms. The van der Waals surface area contributed by atoms with E-state index >= 15 is 0 Å². The van der Waals surface area contributed by atoms with Gasteiger partial charge in [-0.15, -0.1) is 24.0 Å². The van der Waals surface area contributed by atoms with Crippen molar-refractivity contribution in [3.05, 3.63) is 24.3 Å². The number of guanidine groups is 1. The highest BCUT2D eigenvalue weighted by Crippen LogP contribution is 2.34. The molecule has 1 saturated carbocycles. The van der Waals surface area contributed by atoms with Gasteiger partial charge < -0.3 is 24.8 Å². The molecule has 1 aromatic carbocycles. The van der Waals surface area contributed by atoms with Crippen LogP contribution in [-0.2, 0) is 0 Å². The smallest absolute Gasteiger partial charge is 0.194 e. The van der Waals surface area contributed by atoms with E-state index in [4.69, 9.17) is 9.73 Å². The molecule has 0 radical (unpaired) electrons. The number of rotatable bonds is 7. The summed E-state index contributed by atoms with van der Waals surface area (Å²) in [6, 6.07) is 8.93. The van der Waals surface area contributed by atoms with Crippen molar-refractivity contribution in [1.82, 2.24) is 15.1 Å². The Balaban J connectivity index is 0.00000280. The van der Waals surface area contributed by atoms with E-state index in [1.807, 2.05) is 12.1 Å². The molecule has 1 heterocycles. The number of nitrogens with one attached hydrogen (secondary N) is 1. The SMILES string of the molecule is CCNC(=NCC(C1CC1)N(C)C)N1CCN(c2ccc(OC)cc2)CC1.I. The molecule has 2 fully saturated rings. The maximum absolute atomic E-state index is 5.26. The van der Waals surface area contributed by atoms with Crippen molar-refractivity contribution in [2.45, 2.75) is 25.8 Å². The van der Waals surface area contributed by atoms with Crippen LogP contribution in [0, 0.1) is 5.92 Å². The second-order valence-electron chi connectivity index (χ2n) is 7.74. The Morgan fingerprint density at radius 1 is 1.18 bits per heavy atom. The topological polar surface area (TPSA) is 43.3 Å². The lowest BCUT2D eigenvalue weighted by atomic mass is 10.2. The average Bonchev–Trinajstić information content (AvgIpc) is 3.52. The Bertz CT molecular complexity index is 608. The van der Waals surface area contributed by atoms with E-state index in [0.29, 0.717) is 6.04 Å². The van der Waals surface area contributed by atoms with E-state index < -0.39 is 0 Å². The van der Waals surface area contributed by atoms with E-state index in [2.05, 4.69) is 53.2 Å². The molecule has 0 spiro atoms. The molecule has 0 aromatic heterocycles. The van der Waals surface area contributed by atoms with Crippen molar-refractivity contribution in [3.63, 3.8) is 0 Å². The van der Waals surface area contributed by atoms with Crippen LogP contribution in [0.1, 0.15) is 19.8 Å². The molecule has 1 atom stereocenters. The van der Waals surface area contributed by atoms with Crippen LogP contribution in [0.25, 0.3) is 0 Å². The summed E-state index contributed by atoms with van der Waals surface area (Å²) in [5.41, 5.74) is 1.26. The third-order valence-electron chi connectivity index (χ3n) is 5.61. The van der Waals surface area contributed by atoms with Crippen LogP contribution in [-0.4, -0.2) is 82.3 Å². The van der Waals surface area contributed by atoms with Gasteiger partial charge in [0.05, 0.1) is 13.7 Å². The molecule has 1 unspecified atom stereocenters. The fourth-order valence-electron chi connectivity index (χ4n) is 3.79. The number of benzene rings is 1.